The monoisotopic (exact) mass is 369 g/mol. The summed E-state index contributed by atoms with van der Waals surface area (Å²) in [4.78, 5) is 0. The van der Waals surface area contributed by atoms with Gasteiger partial charge in [0.1, 0.15) is 18.5 Å². The zero-order valence-corrected chi connectivity index (χ0v) is 16.6. The van der Waals surface area contributed by atoms with Crippen LogP contribution in [0, 0.1) is 0 Å². The second kappa shape index (κ2) is 16.1. The van der Waals surface area contributed by atoms with Gasteiger partial charge in [-0.3, -0.25) is 0 Å². The average Bonchev–Trinajstić information content (AvgIpc) is 3.11. The third kappa shape index (κ3) is 12.3. The first-order valence-electron chi connectivity index (χ1n) is 10.6. The molecule has 152 valence electrons. The van der Waals surface area contributed by atoms with Crippen molar-refractivity contribution in [2.24, 2.45) is 0 Å². The molecule has 2 N–H and O–H groups in total. The summed E-state index contributed by atoms with van der Waals surface area (Å²) in [6.45, 7) is 1.98. The second-order valence-corrected chi connectivity index (χ2v) is 7.27. The van der Waals surface area contributed by atoms with E-state index in [-0.39, 0.29) is 13.2 Å². The lowest BCUT2D eigenvalue weighted by Crippen LogP contribution is -2.21. The van der Waals surface area contributed by atoms with Crippen LogP contribution in [0.4, 0.5) is 0 Å². The van der Waals surface area contributed by atoms with Crippen molar-refractivity contribution >= 4 is 0 Å². The minimum absolute atomic E-state index is 0.0290. The van der Waals surface area contributed by atoms with Crippen LogP contribution >= 0.6 is 0 Å². The average molecular weight is 370 g/mol. The molecule has 5 heteroatoms. The molecule has 26 heavy (non-hydrogen) atoms. The van der Waals surface area contributed by atoms with Crippen LogP contribution in [0.2, 0.25) is 0 Å². The summed E-state index contributed by atoms with van der Waals surface area (Å²) in [5.41, 5.74) is 0. The van der Waals surface area contributed by atoms with E-state index in [0.717, 1.165) is 18.6 Å². The number of rotatable bonds is 18. The van der Waals surface area contributed by atoms with Gasteiger partial charge in [-0.1, -0.05) is 84.0 Å². The lowest BCUT2D eigenvalue weighted by molar-refractivity contribution is 0.0509. The van der Waals surface area contributed by atoms with E-state index in [0.29, 0.717) is 5.88 Å². The minimum Gasteiger partial charge on any atom is -0.473 e. The summed E-state index contributed by atoms with van der Waals surface area (Å²) in [5, 5.41) is 21.8. The van der Waals surface area contributed by atoms with Crippen molar-refractivity contribution in [2.45, 2.75) is 103 Å². The highest BCUT2D eigenvalue weighted by atomic mass is 16.5. The van der Waals surface area contributed by atoms with Crippen molar-refractivity contribution < 1.29 is 19.5 Å². The van der Waals surface area contributed by atoms with E-state index in [9.17, 15) is 5.11 Å². The summed E-state index contributed by atoms with van der Waals surface area (Å²) < 4.78 is 10.5. The van der Waals surface area contributed by atoms with E-state index in [1.807, 2.05) is 0 Å². The fourth-order valence-electron chi connectivity index (χ4n) is 3.03. The molecule has 0 spiro atoms. The van der Waals surface area contributed by atoms with Crippen LogP contribution in [0.3, 0.4) is 0 Å². The van der Waals surface area contributed by atoms with Gasteiger partial charge < -0.3 is 19.5 Å². The first-order valence-corrected chi connectivity index (χ1v) is 10.6. The standard InChI is InChI=1S/C21H39NO4/c1-2-3-4-5-6-7-8-9-10-11-12-13-14-15-20-16-21(22-26-20)25-18-19(24)17-23/h16,19,23-24H,2-15,17-18H2,1H3/t19-/m0/s1. The van der Waals surface area contributed by atoms with Crippen LogP contribution in [-0.4, -0.2) is 34.7 Å². The summed E-state index contributed by atoms with van der Waals surface area (Å²) in [5.74, 6) is 1.20. The van der Waals surface area contributed by atoms with Crippen molar-refractivity contribution in [1.82, 2.24) is 5.16 Å². The number of nitrogens with zero attached hydrogens (tertiary/aromatic N) is 1. The van der Waals surface area contributed by atoms with Crippen LogP contribution < -0.4 is 4.74 Å². The van der Waals surface area contributed by atoms with Crippen LogP contribution in [0.5, 0.6) is 5.88 Å². The minimum atomic E-state index is -0.879. The van der Waals surface area contributed by atoms with Crippen LogP contribution in [-0.2, 0) is 6.42 Å². The van der Waals surface area contributed by atoms with Crippen molar-refractivity contribution in [3.63, 3.8) is 0 Å². The number of hydrogen-bond donors (Lipinski definition) is 2. The van der Waals surface area contributed by atoms with Crippen molar-refractivity contribution in [1.29, 1.82) is 0 Å². The van der Waals surface area contributed by atoms with Gasteiger partial charge in [0.15, 0.2) is 0 Å². The Labute approximate surface area is 159 Å². The number of aryl methyl sites for hydroxylation is 1. The maximum atomic E-state index is 9.23. The Morgan fingerprint density at radius 2 is 1.46 bits per heavy atom. The van der Waals surface area contributed by atoms with E-state index in [4.69, 9.17) is 14.4 Å². The maximum Gasteiger partial charge on any atom is 0.254 e. The van der Waals surface area contributed by atoms with Gasteiger partial charge in [0, 0.05) is 12.5 Å². The molecule has 0 amide bonds. The van der Waals surface area contributed by atoms with Gasteiger partial charge in [0.05, 0.1) is 6.61 Å². The number of aromatic nitrogens is 1. The lowest BCUT2D eigenvalue weighted by atomic mass is 10.0. The molecule has 1 aromatic heterocycles. The molecule has 0 aliphatic heterocycles. The molecule has 1 aromatic rings. The smallest absolute Gasteiger partial charge is 0.254 e. The van der Waals surface area contributed by atoms with Gasteiger partial charge in [0.25, 0.3) is 5.88 Å². The molecule has 0 aliphatic carbocycles. The Bertz CT molecular complexity index is 422. The van der Waals surface area contributed by atoms with Gasteiger partial charge in [-0.2, -0.15) is 0 Å². The van der Waals surface area contributed by atoms with E-state index in [1.165, 1.54) is 77.0 Å². The van der Waals surface area contributed by atoms with Crippen LogP contribution in [0.15, 0.2) is 10.6 Å². The Balaban J connectivity index is 1.88. The molecule has 0 radical (unpaired) electrons. The quantitative estimate of drug-likeness (QED) is 0.355. The highest BCUT2D eigenvalue weighted by Gasteiger charge is 2.08. The predicted molar refractivity (Wildman–Crippen MR) is 104 cm³/mol. The Morgan fingerprint density at radius 3 is 2.00 bits per heavy atom. The van der Waals surface area contributed by atoms with E-state index in [1.54, 1.807) is 6.07 Å². The SMILES string of the molecule is CCCCCCCCCCCCCCCc1cc(OC[C@@H](O)CO)no1. The Morgan fingerprint density at radius 1 is 0.923 bits per heavy atom. The van der Waals surface area contributed by atoms with Gasteiger partial charge in [-0.15, -0.1) is 0 Å². The Kier molecular flexibility index (Phi) is 14.2. The van der Waals surface area contributed by atoms with E-state index >= 15 is 0 Å². The number of aliphatic hydroxyl groups excluding tert-OH is 2. The molecule has 0 saturated heterocycles. The summed E-state index contributed by atoms with van der Waals surface area (Å²) in [7, 11) is 0. The molecule has 1 atom stereocenters. The molecule has 1 rings (SSSR count). The summed E-state index contributed by atoms with van der Waals surface area (Å²) in [6, 6.07) is 1.77. The van der Waals surface area contributed by atoms with Crippen LogP contribution in [0.1, 0.15) is 96.2 Å². The molecular weight excluding hydrogens is 330 g/mol. The lowest BCUT2D eigenvalue weighted by Gasteiger charge is -2.05. The summed E-state index contributed by atoms with van der Waals surface area (Å²) >= 11 is 0. The van der Waals surface area contributed by atoms with Gasteiger partial charge >= 0.3 is 0 Å². The van der Waals surface area contributed by atoms with Gasteiger partial charge in [-0.25, -0.2) is 0 Å². The molecule has 1 heterocycles. The molecular formula is C21H39NO4. The highest BCUT2D eigenvalue weighted by molar-refractivity contribution is 5.11. The highest BCUT2D eigenvalue weighted by Crippen LogP contribution is 2.16. The van der Waals surface area contributed by atoms with Crippen molar-refractivity contribution in [3.05, 3.63) is 11.8 Å². The largest absolute Gasteiger partial charge is 0.473 e. The fraction of sp³-hybridized carbons (Fsp3) is 0.857. The number of hydrogen-bond acceptors (Lipinski definition) is 5. The number of ether oxygens (including phenoxy) is 1. The van der Waals surface area contributed by atoms with Crippen LogP contribution in [0.25, 0.3) is 0 Å². The molecule has 0 aliphatic rings. The third-order valence-corrected chi connectivity index (χ3v) is 4.70. The zero-order chi connectivity index (χ0) is 18.9. The zero-order valence-electron chi connectivity index (χ0n) is 16.6. The molecule has 0 unspecified atom stereocenters. The normalized spacial score (nSPS) is 12.4. The molecule has 5 nitrogen and oxygen atoms in total. The first-order chi connectivity index (χ1) is 12.8. The fourth-order valence-corrected chi connectivity index (χ4v) is 3.03. The topological polar surface area (TPSA) is 75.7 Å². The van der Waals surface area contributed by atoms with Crippen molar-refractivity contribution in [3.8, 4) is 5.88 Å². The molecule has 0 bridgehead atoms. The number of aliphatic hydroxyl groups is 2. The van der Waals surface area contributed by atoms with E-state index in [2.05, 4.69) is 12.1 Å². The van der Waals surface area contributed by atoms with Crippen molar-refractivity contribution in [2.75, 3.05) is 13.2 Å². The first kappa shape index (κ1) is 23.0. The van der Waals surface area contributed by atoms with Gasteiger partial charge in [-0.05, 0) is 11.6 Å². The molecule has 0 saturated carbocycles. The molecule has 0 aromatic carbocycles. The predicted octanol–water partition coefficient (Wildman–Crippen LogP) is 5.04. The third-order valence-electron chi connectivity index (χ3n) is 4.70. The molecule has 0 fully saturated rings. The summed E-state index contributed by atoms with van der Waals surface area (Å²) in [6.07, 6.45) is 17.5. The van der Waals surface area contributed by atoms with Gasteiger partial charge in [0.2, 0.25) is 0 Å². The number of unbranched alkanes of at least 4 members (excludes halogenated alkanes) is 12. The Hall–Kier alpha value is -1.07. The maximum absolute atomic E-state index is 9.23. The second-order valence-electron chi connectivity index (χ2n) is 7.27. The van der Waals surface area contributed by atoms with E-state index < -0.39 is 6.10 Å².